The van der Waals surface area contributed by atoms with Crippen molar-refractivity contribution < 1.29 is 13.6 Å². The molecular formula is C27H38F2N4O. The number of allylic oxidation sites excluding steroid dienone is 2. The number of rotatable bonds is 11. The van der Waals surface area contributed by atoms with Crippen LogP contribution in [-0.2, 0) is 4.79 Å². The number of benzene rings is 1. The zero-order valence-electron chi connectivity index (χ0n) is 20.9. The van der Waals surface area contributed by atoms with Crippen LogP contribution in [0.5, 0.6) is 0 Å². The van der Waals surface area contributed by atoms with Crippen molar-refractivity contribution in [3.63, 3.8) is 0 Å². The van der Waals surface area contributed by atoms with E-state index in [2.05, 4.69) is 36.4 Å². The molecule has 0 spiro atoms. The third-order valence-corrected chi connectivity index (χ3v) is 6.46. The molecule has 1 aromatic rings. The molecule has 34 heavy (non-hydrogen) atoms. The van der Waals surface area contributed by atoms with Gasteiger partial charge in [-0.05, 0) is 37.8 Å². The fourth-order valence-corrected chi connectivity index (χ4v) is 4.22. The van der Waals surface area contributed by atoms with Gasteiger partial charge in [-0.25, -0.2) is 13.8 Å². The molecule has 3 atom stereocenters. The quantitative estimate of drug-likeness (QED) is 0.313. The Bertz CT molecular complexity index is 952. The Hall–Kier alpha value is -2.83. The molecule has 5 nitrogen and oxygen atoms in total. The van der Waals surface area contributed by atoms with Gasteiger partial charge in [0.05, 0.1) is 11.6 Å². The number of nitrogens with one attached hydrogen (secondary N) is 3. The number of alkyl halides is 2. The van der Waals surface area contributed by atoms with Gasteiger partial charge in [0.15, 0.2) is 0 Å². The predicted molar refractivity (Wildman–Crippen MR) is 137 cm³/mol. The van der Waals surface area contributed by atoms with E-state index in [1.165, 1.54) is 6.20 Å². The van der Waals surface area contributed by atoms with E-state index < -0.39 is 18.3 Å². The first kappa shape index (κ1) is 27.4. The maximum atomic E-state index is 14.0. The molecule has 186 valence electrons. The number of hydrogen-bond acceptors (Lipinski definition) is 4. The number of para-hydroxylation sites is 1. The fourth-order valence-electron chi connectivity index (χ4n) is 4.22. The molecule has 1 saturated heterocycles. The van der Waals surface area contributed by atoms with E-state index in [1.807, 2.05) is 24.3 Å². The van der Waals surface area contributed by atoms with Gasteiger partial charge < -0.3 is 10.6 Å². The van der Waals surface area contributed by atoms with Gasteiger partial charge in [0, 0.05) is 35.5 Å². The number of amidine groups is 1. The number of hydrogen-bond donors (Lipinski definition) is 3. The summed E-state index contributed by atoms with van der Waals surface area (Å²) >= 11 is 0. The van der Waals surface area contributed by atoms with Crippen molar-refractivity contribution >= 4 is 23.1 Å². The second-order valence-corrected chi connectivity index (χ2v) is 8.89. The molecule has 0 radical (unpaired) electrons. The number of nitrogens with zero attached hydrogens (tertiary/aromatic N) is 1. The molecule has 1 aromatic carbocycles. The largest absolute Gasteiger partial charge is 0.381 e. The molecule has 1 heterocycles. The molecule has 0 aliphatic carbocycles. The van der Waals surface area contributed by atoms with Crippen LogP contribution >= 0.6 is 0 Å². The minimum atomic E-state index is -2.74. The topological polar surface area (TPSA) is 77.3 Å². The molecular weight excluding hydrogens is 434 g/mol. The number of aliphatic imine (C=N–C) groups is 1. The Morgan fingerprint density at radius 3 is 2.65 bits per heavy atom. The van der Waals surface area contributed by atoms with Crippen molar-refractivity contribution in [1.29, 1.82) is 5.41 Å². The van der Waals surface area contributed by atoms with Crippen LogP contribution in [-0.4, -0.2) is 29.9 Å². The van der Waals surface area contributed by atoms with Crippen LogP contribution in [0.25, 0.3) is 0 Å². The Balaban J connectivity index is 2.53. The predicted octanol–water partition coefficient (Wildman–Crippen LogP) is 6.72. The minimum absolute atomic E-state index is 0.0905. The number of anilines is 1. The summed E-state index contributed by atoms with van der Waals surface area (Å²) in [5.74, 6) is -1.26. The van der Waals surface area contributed by atoms with Gasteiger partial charge in [0.2, 0.25) is 12.3 Å². The molecule has 3 N–H and O–H groups in total. The smallest absolute Gasteiger partial charge is 0.246 e. The lowest BCUT2D eigenvalue weighted by atomic mass is 9.84. The van der Waals surface area contributed by atoms with Crippen LogP contribution in [0.15, 0.2) is 52.7 Å². The highest BCUT2D eigenvalue weighted by molar-refractivity contribution is 6.20. The SMILES string of the molecule is CC=CN=C1NC(=O)CC(C(F)F)/C1=C(/C)C(=N)c1ccccc1NC(CCCC)C(C)CC. The normalized spacial score (nSPS) is 21.0. The molecule has 7 heteroatoms. The second-order valence-electron chi connectivity index (χ2n) is 8.89. The summed E-state index contributed by atoms with van der Waals surface area (Å²) in [7, 11) is 0. The van der Waals surface area contributed by atoms with Crippen LogP contribution in [0.4, 0.5) is 14.5 Å². The number of piperidine rings is 1. The summed E-state index contributed by atoms with van der Waals surface area (Å²) in [6.07, 6.45) is 4.31. The fraction of sp³-hybridized carbons (Fsp3) is 0.519. The van der Waals surface area contributed by atoms with Crippen molar-refractivity contribution in [3.05, 3.63) is 53.3 Å². The van der Waals surface area contributed by atoms with E-state index in [-0.39, 0.29) is 29.6 Å². The van der Waals surface area contributed by atoms with Crippen molar-refractivity contribution in [2.24, 2.45) is 16.8 Å². The monoisotopic (exact) mass is 472 g/mol. The number of amides is 1. The van der Waals surface area contributed by atoms with Gasteiger partial charge in [-0.3, -0.25) is 10.2 Å². The van der Waals surface area contributed by atoms with Crippen molar-refractivity contribution in [2.75, 3.05) is 5.32 Å². The average Bonchev–Trinajstić information content (AvgIpc) is 2.83. The highest BCUT2D eigenvalue weighted by Gasteiger charge is 2.37. The first-order valence-corrected chi connectivity index (χ1v) is 12.2. The first-order chi connectivity index (χ1) is 16.2. The van der Waals surface area contributed by atoms with Crippen LogP contribution in [0, 0.1) is 17.2 Å². The van der Waals surface area contributed by atoms with Crippen molar-refractivity contribution in [3.8, 4) is 0 Å². The van der Waals surface area contributed by atoms with Crippen LogP contribution < -0.4 is 10.6 Å². The van der Waals surface area contributed by atoms with Crippen LogP contribution in [0.2, 0.25) is 0 Å². The van der Waals surface area contributed by atoms with E-state index in [4.69, 9.17) is 5.41 Å². The number of unbranched alkanes of at least 4 members (excludes halogenated alkanes) is 1. The van der Waals surface area contributed by atoms with Crippen molar-refractivity contribution in [1.82, 2.24) is 5.32 Å². The van der Waals surface area contributed by atoms with Gasteiger partial charge in [-0.1, -0.05) is 64.3 Å². The third-order valence-electron chi connectivity index (χ3n) is 6.46. The van der Waals surface area contributed by atoms with Gasteiger partial charge in [-0.15, -0.1) is 0 Å². The molecule has 3 unspecified atom stereocenters. The molecule has 0 aromatic heterocycles. The number of halogens is 2. The lowest BCUT2D eigenvalue weighted by molar-refractivity contribution is -0.122. The summed E-state index contributed by atoms with van der Waals surface area (Å²) in [5.41, 5.74) is 2.21. The maximum absolute atomic E-state index is 14.0. The number of carbonyl (C=O) groups is 1. The zero-order valence-corrected chi connectivity index (χ0v) is 20.9. The van der Waals surface area contributed by atoms with E-state index in [9.17, 15) is 13.6 Å². The molecule has 1 amide bonds. The summed E-state index contributed by atoms with van der Waals surface area (Å²) < 4.78 is 28.0. The van der Waals surface area contributed by atoms with Gasteiger partial charge in [-0.2, -0.15) is 0 Å². The Morgan fingerprint density at radius 2 is 2.03 bits per heavy atom. The van der Waals surface area contributed by atoms with Crippen LogP contribution in [0.3, 0.4) is 0 Å². The average molecular weight is 473 g/mol. The van der Waals surface area contributed by atoms with E-state index in [0.29, 0.717) is 17.1 Å². The standard InChI is InChI=1S/C27H38F2N4O/c1-6-9-13-21(17(4)8-3)32-22-14-11-10-12-19(22)25(30)18(5)24-20(26(28)29)16-23(34)33-27(24)31-15-7-2/h7,10-12,14-15,17,20-21,26,30,32H,6,8-9,13,16H2,1-5H3,(H,31,33,34)/b15-7?,24-18+,30-25?. The summed E-state index contributed by atoms with van der Waals surface area (Å²) in [5, 5.41) is 15.2. The van der Waals surface area contributed by atoms with E-state index in [1.54, 1.807) is 19.9 Å². The first-order valence-electron chi connectivity index (χ1n) is 12.2. The minimum Gasteiger partial charge on any atom is -0.381 e. The maximum Gasteiger partial charge on any atom is 0.246 e. The molecule has 1 aliphatic rings. The van der Waals surface area contributed by atoms with Gasteiger partial charge >= 0.3 is 0 Å². The Kier molecular flexibility index (Phi) is 10.6. The van der Waals surface area contributed by atoms with Crippen molar-refractivity contribution in [2.45, 2.75) is 79.2 Å². The summed E-state index contributed by atoms with van der Waals surface area (Å²) in [6.45, 7) is 9.97. The molecule has 0 saturated carbocycles. The van der Waals surface area contributed by atoms with E-state index in [0.717, 1.165) is 31.4 Å². The van der Waals surface area contributed by atoms with E-state index >= 15 is 0 Å². The molecule has 0 bridgehead atoms. The second kappa shape index (κ2) is 13.2. The highest BCUT2D eigenvalue weighted by atomic mass is 19.3. The zero-order chi connectivity index (χ0) is 25.3. The molecule has 1 aliphatic heterocycles. The Morgan fingerprint density at radius 1 is 1.32 bits per heavy atom. The number of carbonyl (C=O) groups excluding carboxylic acids is 1. The highest BCUT2D eigenvalue weighted by Crippen LogP contribution is 2.32. The summed E-state index contributed by atoms with van der Waals surface area (Å²) in [4.78, 5) is 16.3. The van der Waals surface area contributed by atoms with Gasteiger partial charge in [0.1, 0.15) is 5.84 Å². The third kappa shape index (κ3) is 6.84. The molecule has 2 rings (SSSR count). The lowest BCUT2D eigenvalue weighted by Crippen LogP contribution is -2.44. The lowest BCUT2D eigenvalue weighted by Gasteiger charge is -2.29. The van der Waals surface area contributed by atoms with Gasteiger partial charge in [0.25, 0.3) is 0 Å². The Labute approximate surface area is 202 Å². The van der Waals surface area contributed by atoms with Crippen LogP contribution in [0.1, 0.15) is 72.3 Å². The molecule has 1 fully saturated rings. The summed E-state index contributed by atoms with van der Waals surface area (Å²) in [6, 6.07) is 7.78.